The van der Waals surface area contributed by atoms with Gasteiger partial charge in [0, 0.05) is 42.2 Å². The van der Waals surface area contributed by atoms with E-state index in [0.29, 0.717) is 34.8 Å². The number of hydrogen-bond acceptors (Lipinski definition) is 16. The standard InChI is InChI=1S/C51H64BrN7O16/c1-29(49(67)58-35(48(53)66)21-23-40(62)71-3)55-39(61)28-73-47-44(56-30(2)60)51(74-26-31-15-11-10-12-16-31)75-38(46(47)65)27-72-41(63)17-13-8-6-4-5-7-9-14-24-54-50(68)34-20-22-37(59(69)70)43-42(34)45(64)33-19-18-32(52)25-36(33)57-43/h10-12,15-16,18-20,22,25,29,35,38,44,46-47,51,65H,4-9,13-14,17,21,23-24,26-28H2,1-3H3,(H2,53,66)(H,54,68)(H,55,61)(H,56,60)(H,57,64)(H,58,67)/t29?,35-,38?,44?,46?,47?,51?/m1/s1. The van der Waals surface area contributed by atoms with Gasteiger partial charge in [-0.05, 0) is 56.0 Å². The maximum Gasteiger partial charge on any atom is 0.305 e. The fraction of sp³-hybridized carbons (Fsp3) is 0.490. The third kappa shape index (κ3) is 17.6. The average molecular weight is 1110 g/mol. The van der Waals surface area contributed by atoms with E-state index in [1.807, 2.05) is 6.07 Å². The Morgan fingerprint density at radius 3 is 2.27 bits per heavy atom. The predicted molar refractivity (Wildman–Crippen MR) is 274 cm³/mol. The lowest BCUT2D eigenvalue weighted by molar-refractivity contribution is -0.383. The number of non-ortho nitro benzene ring substituents is 1. The molecule has 0 bridgehead atoms. The number of halogens is 1. The number of rotatable bonds is 29. The van der Waals surface area contributed by atoms with Crippen LogP contribution in [0.15, 0.2) is 69.9 Å². The summed E-state index contributed by atoms with van der Waals surface area (Å²) in [5.74, 6) is -4.70. The third-order valence-electron chi connectivity index (χ3n) is 12.3. The van der Waals surface area contributed by atoms with Crippen molar-refractivity contribution in [3.05, 3.63) is 96.6 Å². The number of aliphatic hydroxyl groups is 1. The molecule has 2 heterocycles. The number of nitrogens with one attached hydrogen (secondary N) is 5. The van der Waals surface area contributed by atoms with Crippen LogP contribution < -0.4 is 32.4 Å². The third-order valence-corrected chi connectivity index (χ3v) is 12.8. The number of aromatic amines is 1. The smallest absolute Gasteiger partial charge is 0.305 e. The summed E-state index contributed by atoms with van der Waals surface area (Å²) in [7, 11) is 1.17. The Labute approximate surface area is 439 Å². The van der Waals surface area contributed by atoms with E-state index in [9.17, 15) is 53.6 Å². The van der Waals surface area contributed by atoms with Gasteiger partial charge in [0.2, 0.25) is 23.6 Å². The summed E-state index contributed by atoms with van der Waals surface area (Å²) >= 11 is 3.35. The normalized spacial score (nSPS) is 18.1. The van der Waals surface area contributed by atoms with Crippen molar-refractivity contribution in [1.29, 1.82) is 0 Å². The van der Waals surface area contributed by atoms with Crippen molar-refractivity contribution in [2.24, 2.45) is 5.73 Å². The first kappa shape index (κ1) is 59.0. The Hall–Kier alpha value is -6.86. The molecular weight excluding hydrogens is 1050 g/mol. The molecule has 5 rings (SSSR count). The molecule has 0 aliphatic carbocycles. The number of aromatic nitrogens is 1. The summed E-state index contributed by atoms with van der Waals surface area (Å²) < 4.78 is 28.8. The zero-order chi connectivity index (χ0) is 54.6. The fourth-order valence-electron chi connectivity index (χ4n) is 8.39. The number of fused-ring (bicyclic) bond motifs is 2. The van der Waals surface area contributed by atoms with Crippen LogP contribution in [0.2, 0.25) is 0 Å². The quantitative estimate of drug-likeness (QED) is 0.0134. The van der Waals surface area contributed by atoms with Gasteiger partial charge in [0.1, 0.15) is 55.2 Å². The number of ether oxygens (including phenoxy) is 5. The van der Waals surface area contributed by atoms with Crippen LogP contribution in [-0.2, 0) is 59.1 Å². The van der Waals surface area contributed by atoms with E-state index in [0.717, 1.165) is 44.1 Å². The summed E-state index contributed by atoms with van der Waals surface area (Å²) in [6, 6.07) is 12.9. The second kappa shape index (κ2) is 29.3. The van der Waals surface area contributed by atoms with Crippen LogP contribution in [0.4, 0.5) is 5.69 Å². The van der Waals surface area contributed by atoms with Crippen LogP contribution >= 0.6 is 15.9 Å². The van der Waals surface area contributed by atoms with Gasteiger partial charge in [0.05, 0.1) is 35.1 Å². The highest BCUT2D eigenvalue weighted by Crippen LogP contribution is 2.29. The van der Waals surface area contributed by atoms with Crippen LogP contribution in [0.1, 0.15) is 100 Å². The van der Waals surface area contributed by atoms with E-state index in [4.69, 9.17) is 24.7 Å². The highest BCUT2D eigenvalue weighted by atomic mass is 79.9. The molecule has 6 unspecified atom stereocenters. The second-order valence-corrected chi connectivity index (χ2v) is 18.9. The van der Waals surface area contributed by atoms with Crippen molar-refractivity contribution in [3.63, 3.8) is 0 Å². The van der Waals surface area contributed by atoms with Crippen LogP contribution in [0.3, 0.4) is 0 Å². The number of esters is 2. The lowest BCUT2D eigenvalue weighted by Crippen LogP contribution is -2.65. The number of carbonyl (C=O) groups excluding carboxylic acids is 7. The molecule has 7 atom stereocenters. The molecule has 0 radical (unpaired) electrons. The Morgan fingerprint density at radius 1 is 0.907 bits per heavy atom. The first-order valence-electron chi connectivity index (χ1n) is 24.6. The van der Waals surface area contributed by atoms with Gasteiger partial charge in [-0.2, -0.15) is 0 Å². The molecule has 1 aliphatic rings. The monoisotopic (exact) mass is 1110 g/mol. The lowest BCUT2D eigenvalue weighted by Gasteiger charge is -2.44. The minimum absolute atomic E-state index is 0.0131. The summed E-state index contributed by atoms with van der Waals surface area (Å²) in [4.78, 5) is 116. The second-order valence-electron chi connectivity index (χ2n) is 18.0. The molecule has 8 N–H and O–H groups in total. The largest absolute Gasteiger partial charge is 0.469 e. The summed E-state index contributed by atoms with van der Waals surface area (Å²) in [5.41, 5.74) is 5.76. The number of hydrogen-bond donors (Lipinski definition) is 7. The molecule has 1 fully saturated rings. The molecule has 3 aromatic carbocycles. The van der Waals surface area contributed by atoms with Crippen LogP contribution in [0.5, 0.6) is 0 Å². The molecule has 1 aliphatic heterocycles. The number of nitrogens with two attached hydrogens (primary N) is 1. The number of nitrogens with zero attached hydrogens (tertiary/aromatic N) is 1. The van der Waals surface area contributed by atoms with Gasteiger partial charge in [-0.15, -0.1) is 0 Å². The molecule has 24 heteroatoms. The number of H-pyrrole nitrogens is 1. The highest BCUT2D eigenvalue weighted by Gasteiger charge is 2.48. The number of methoxy groups -OCH3 is 1. The molecule has 406 valence electrons. The van der Waals surface area contributed by atoms with Gasteiger partial charge in [-0.3, -0.25) is 48.5 Å². The first-order valence-corrected chi connectivity index (χ1v) is 25.4. The van der Waals surface area contributed by atoms with E-state index in [1.165, 1.54) is 33.1 Å². The maximum absolute atomic E-state index is 13.5. The van der Waals surface area contributed by atoms with E-state index in [-0.39, 0.29) is 48.0 Å². The Kier molecular flexibility index (Phi) is 23.0. The topological polar surface area (TPSA) is 336 Å². The molecule has 23 nitrogen and oxygen atoms in total. The summed E-state index contributed by atoms with van der Waals surface area (Å²) in [5, 5.41) is 33.9. The molecule has 0 spiro atoms. The molecular formula is C51H64BrN7O16. The highest BCUT2D eigenvalue weighted by molar-refractivity contribution is 9.10. The molecule has 0 saturated carbocycles. The SMILES string of the molecule is COC(=O)CC[C@@H](NC(=O)C(C)NC(=O)COC1C(O)C(COC(=O)CCCCCCCCCCNC(=O)c2ccc([N+](=O)[O-])c3[nH]c4cc(Br)ccc4c(=O)c23)OC(OCc2ccccc2)C1NC(C)=O)C(N)=O. The number of benzene rings is 3. The van der Waals surface area contributed by atoms with Crippen molar-refractivity contribution < 1.29 is 67.3 Å². The first-order chi connectivity index (χ1) is 35.9. The fourth-order valence-corrected chi connectivity index (χ4v) is 8.75. The average Bonchev–Trinajstić information content (AvgIpc) is 3.37. The summed E-state index contributed by atoms with van der Waals surface area (Å²) in [6.07, 6.45) is 0.726. The lowest BCUT2D eigenvalue weighted by atomic mass is 9.96. The van der Waals surface area contributed by atoms with E-state index >= 15 is 0 Å². The number of nitro groups is 1. The summed E-state index contributed by atoms with van der Waals surface area (Å²) in [6.45, 7) is 1.78. The van der Waals surface area contributed by atoms with Crippen molar-refractivity contribution in [1.82, 2.24) is 26.3 Å². The van der Waals surface area contributed by atoms with Gasteiger partial charge >= 0.3 is 11.9 Å². The van der Waals surface area contributed by atoms with Gasteiger partial charge in [-0.25, -0.2) is 0 Å². The Bertz CT molecular complexity index is 2720. The van der Waals surface area contributed by atoms with Gasteiger partial charge in [-0.1, -0.05) is 84.8 Å². The number of nitro benzene ring substituents is 1. The minimum atomic E-state index is -1.56. The molecule has 5 amide bonds. The number of carbonyl (C=O) groups is 7. The van der Waals surface area contributed by atoms with Crippen LogP contribution in [0, 0.1) is 10.1 Å². The van der Waals surface area contributed by atoms with Crippen molar-refractivity contribution >= 4 is 84.9 Å². The van der Waals surface area contributed by atoms with Crippen LogP contribution in [0.25, 0.3) is 21.8 Å². The molecule has 1 aromatic heterocycles. The van der Waals surface area contributed by atoms with Crippen LogP contribution in [-0.4, -0.2) is 126 Å². The van der Waals surface area contributed by atoms with E-state index in [1.54, 1.807) is 42.5 Å². The number of aliphatic hydroxyl groups excluding tert-OH is 1. The maximum atomic E-state index is 13.5. The zero-order valence-electron chi connectivity index (χ0n) is 41.9. The minimum Gasteiger partial charge on any atom is -0.469 e. The van der Waals surface area contributed by atoms with Gasteiger partial charge < -0.3 is 60.8 Å². The molecule has 4 aromatic rings. The zero-order valence-corrected chi connectivity index (χ0v) is 43.5. The Morgan fingerprint density at radius 2 is 1.60 bits per heavy atom. The number of amides is 5. The number of unbranched alkanes of at least 4 members (excludes halogenated alkanes) is 7. The predicted octanol–water partition coefficient (Wildman–Crippen LogP) is 3.76. The van der Waals surface area contributed by atoms with E-state index < -0.39 is 108 Å². The van der Waals surface area contributed by atoms with Gasteiger partial charge in [0.25, 0.3) is 11.6 Å². The van der Waals surface area contributed by atoms with Crippen molar-refractivity contribution in [3.8, 4) is 0 Å². The molecule has 1 saturated heterocycles. The Balaban J connectivity index is 1.05. The van der Waals surface area contributed by atoms with Crippen molar-refractivity contribution in [2.45, 2.75) is 134 Å². The van der Waals surface area contributed by atoms with Crippen molar-refractivity contribution in [2.75, 3.05) is 26.9 Å². The van der Waals surface area contributed by atoms with E-state index in [2.05, 4.69) is 46.9 Å². The van der Waals surface area contributed by atoms with Gasteiger partial charge in [0.15, 0.2) is 11.7 Å². The molecule has 75 heavy (non-hydrogen) atoms. The number of primary amides is 1. The number of pyridine rings is 1.